The molecule has 2 saturated heterocycles. The predicted octanol–water partition coefficient (Wildman–Crippen LogP) is 5.33. The molecule has 0 aromatic heterocycles. The van der Waals surface area contributed by atoms with Crippen molar-refractivity contribution in [2.75, 3.05) is 49.2 Å². The van der Waals surface area contributed by atoms with Crippen LogP contribution >= 0.6 is 0 Å². The second-order valence-corrected chi connectivity index (χ2v) is 7.87. The van der Waals surface area contributed by atoms with Gasteiger partial charge < -0.3 is 14.5 Å². The van der Waals surface area contributed by atoms with Crippen LogP contribution in [0.15, 0.2) is 60.7 Å². The Morgan fingerprint density at radius 1 is 0.643 bits per heavy atom. The molecule has 28 heavy (non-hydrogen) atoms. The Hall–Kier alpha value is -2.52. The van der Waals surface area contributed by atoms with Crippen LogP contribution in [0.25, 0.3) is 21.9 Å². The van der Waals surface area contributed by atoms with Gasteiger partial charge in [-0.2, -0.15) is 0 Å². The number of ether oxygens (including phenoxy) is 1. The lowest BCUT2D eigenvalue weighted by Gasteiger charge is -2.32. The van der Waals surface area contributed by atoms with Gasteiger partial charge in [-0.1, -0.05) is 42.5 Å². The third-order valence-electron chi connectivity index (χ3n) is 6.14. The van der Waals surface area contributed by atoms with E-state index in [4.69, 9.17) is 4.74 Å². The van der Waals surface area contributed by atoms with Crippen molar-refractivity contribution >= 4 is 22.1 Å². The molecule has 2 heterocycles. The van der Waals surface area contributed by atoms with Crippen LogP contribution in [0, 0.1) is 0 Å². The average molecular weight is 373 g/mol. The smallest absolute Gasteiger partial charge is 0.0642 e. The molecule has 2 aliphatic rings. The minimum atomic E-state index is 0.824. The number of hydrogen-bond donors (Lipinski definition) is 0. The highest BCUT2D eigenvalue weighted by Crippen LogP contribution is 2.39. The van der Waals surface area contributed by atoms with Crippen molar-refractivity contribution in [1.29, 1.82) is 0 Å². The van der Waals surface area contributed by atoms with E-state index in [1.807, 2.05) is 0 Å². The highest BCUT2D eigenvalue weighted by molar-refractivity contribution is 6.03. The maximum atomic E-state index is 5.50. The minimum Gasteiger partial charge on any atom is -0.378 e. The molecule has 0 saturated carbocycles. The predicted molar refractivity (Wildman–Crippen MR) is 118 cm³/mol. The summed E-state index contributed by atoms with van der Waals surface area (Å²) in [6.45, 7) is 5.93. The third kappa shape index (κ3) is 3.35. The highest BCUT2D eigenvalue weighted by atomic mass is 16.5. The number of rotatable bonds is 3. The normalized spacial score (nSPS) is 17.9. The van der Waals surface area contributed by atoms with Gasteiger partial charge in [-0.05, 0) is 53.8 Å². The van der Waals surface area contributed by atoms with E-state index in [-0.39, 0.29) is 0 Å². The summed E-state index contributed by atoms with van der Waals surface area (Å²) in [6.07, 6.45) is 3.94. The lowest BCUT2D eigenvalue weighted by Crippen LogP contribution is -2.36. The number of hydrogen-bond acceptors (Lipinski definition) is 3. The van der Waals surface area contributed by atoms with Gasteiger partial charge in [0.15, 0.2) is 0 Å². The number of benzene rings is 3. The van der Waals surface area contributed by atoms with Gasteiger partial charge in [0, 0.05) is 43.1 Å². The molecule has 3 nitrogen and oxygen atoms in total. The number of piperidine rings is 1. The first kappa shape index (κ1) is 17.6. The quantitative estimate of drug-likeness (QED) is 0.618. The Morgan fingerprint density at radius 3 is 2.18 bits per heavy atom. The molecule has 0 amide bonds. The number of anilines is 2. The van der Waals surface area contributed by atoms with Crippen LogP contribution in [-0.2, 0) is 4.74 Å². The summed E-state index contributed by atoms with van der Waals surface area (Å²) in [5.41, 5.74) is 5.38. The summed E-state index contributed by atoms with van der Waals surface area (Å²) in [6, 6.07) is 22.6. The Bertz CT molecular complexity index is 938. The van der Waals surface area contributed by atoms with Crippen LogP contribution in [0.2, 0.25) is 0 Å². The van der Waals surface area contributed by atoms with Gasteiger partial charge in [-0.25, -0.2) is 0 Å². The van der Waals surface area contributed by atoms with Gasteiger partial charge in [-0.3, -0.25) is 0 Å². The lowest BCUT2D eigenvalue weighted by molar-refractivity contribution is 0.122. The van der Waals surface area contributed by atoms with Gasteiger partial charge in [-0.15, -0.1) is 0 Å². The van der Waals surface area contributed by atoms with Crippen molar-refractivity contribution in [3.63, 3.8) is 0 Å². The van der Waals surface area contributed by atoms with E-state index in [0.717, 1.165) is 39.4 Å². The highest BCUT2D eigenvalue weighted by Gasteiger charge is 2.18. The summed E-state index contributed by atoms with van der Waals surface area (Å²) < 4.78 is 5.50. The van der Waals surface area contributed by atoms with Crippen molar-refractivity contribution in [3.8, 4) is 11.1 Å². The summed E-state index contributed by atoms with van der Waals surface area (Å²) in [5, 5.41) is 2.67. The monoisotopic (exact) mass is 372 g/mol. The molecule has 0 N–H and O–H groups in total. The van der Waals surface area contributed by atoms with Crippen LogP contribution in [0.3, 0.4) is 0 Å². The van der Waals surface area contributed by atoms with E-state index < -0.39 is 0 Å². The average Bonchev–Trinajstić information content (AvgIpc) is 2.79. The molecule has 2 fully saturated rings. The van der Waals surface area contributed by atoms with Crippen molar-refractivity contribution in [3.05, 3.63) is 60.7 Å². The zero-order valence-electron chi connectivity index (χ0n) is 16.4. The Morgan fingerprint density at radius 2 is 1.39 bits per heavy atom. The Kier molecular flexibility index (Phi) is 4.92. The Labute approximate surface area is 167 Å². The maximum absolute atomic E-state index is 5.50. The Balaban J connectivity index is 1.58. The maximum Gasteiger partial charge on any atom is 0.0642 e. The molecule has 0 radical (unpaired) electrons. The standard InChI is InChI=1S/C25H28N2O/c1-4-14-27(15-5-1)24-13-10-20-6-2-3-7-23(20)25(24)21-8-11-22(12-9-21)26-16-18-28-19-17-26/h2-3,6-13H,1,4-5,14-19H2. The third-order valence-corrected chi connectivity index (χ3v) is 6.14. The molecule has 0 atom stereocenters. The van der Waals surface area contributed by atoms with Gasteiger partial charge in [0.1, 0.15) is 0 Å². The van der Waals surface area contributed by atoms with Crippen molar-refractivity contribution in [1.82, 2.24) is 0 Å². The summed E-state index contributed by atoms with van der Waals surface area (Å²) in [7, 11) is 0. The molecule has 0 unspecified atom stereocenters. The fourth-order valence-electron chi connectivity index (χ4n) is 4.62. The zero-order chi connectivity index (χ0) is 18.8. The lowest BCUT2D eigenvalue weighted by atomic mass is 9.94. The van der Waals surface area contributed by atoms with Crippen molar-refractivity contribution in [2.24, 2.45) is 0 Å². The molecular weight excluding hydrogens is 344 g/mol. The molecule has 5 rings (SSSR count). The van der Waals surface area contributed by atoms with Crippen LogP contribution in [0.1, 0.15) is 19.3 Å². The van der Waals surface area contributed by atoms with E-state index in [1.165, 1.54) is 52.5 Å². The van der Waals surface area contributed by atoms with Crippen LogP contribution < -0.4 is 9.80 Å². The first-order valence-corrected chi connectivity index (χ1v) is 10.6. The molecule has 3 heteroatoms. The number of fused-ring (bicyclic) bond motifs is 1. The molecule has 3 aromatic rings. The van der Waals surface area contributed by atoms with E-state index in [0.29, 0.717) is 0 Å². The molecule has 2 aliphatic heterocycles. The largest absolute Gasteiger partial charge is 0.378 e. The zero-order valence-corrected chi connectivity index (χ0v) is 16.4. The summed E-state index contributed by atoms with van der Waals surface area (Å²) in [4.78, 5) is 5.00. The molecule has 144 valence electrons. The SMILES string of the molecule is c1ccc2c(-c3ccc(N4CCOCC4)cc3)c(N3CCCCC3)ccc2c1. The van der Waals surface area contributed by atoms with Crippen LogP contribution in [-0.4, -0.2) is 39.4 Å². The second-order valence-electron chi connectivity index (χ2n) is 7.87. The molecule has 0 aliphatic carbocycles. The van der Waals surface area contributed by atoms with E-state index in [2.05, 4.69) is 70.5 Å². The minimum absolute atomic E-state index is 0.824. The van der Waals surface area contributed by atoms with E-state index in [1.54, 1.807) is 0 Å². The summed E-state index contributed by atoms with van der Waals surface area (Å²) >= 11 is 0. The number of nitrogens with zero attached hydrogens (tertiary/aromatic N) is 2. The fraction of sp³-hybridized carbons (Fsp3) is 0.360. The second kappa shape index (κ2) is 7.84. The van der Waals surface area contributed by atoms with Gasteiger partial charge in [0.05, 0.1) is 13.2 Å². The van der Waals surface area contributed by atoms with Gasteiger partial charge in [0.25, 0.3) is 0 Å². The summed E-state index contributed by atoms with van der Waals surface area (Å²) in [5.74, 6) is 0. The van der Waals surface area contributed by atoms with E-state index >= 15 is 0 Å². The topological polar surface area (TPSA) is 15.7 Å². The number of morpholine rings is 1. The fourth-order valence-corrected chi connectivity index (χ4v) is 4.62. The first-order chi connectivity index (χ1) is 13.9. The molecule has 0 spiro atoms. The van der Waals surface area contributed by atoms with Crippen molar-refractivity contribution in [2.45, 2.75) is 19.3 Å². The molecular formula is C25H28N2O. The first-order valence-electron chi connectivity index (χ1n) is 10.6. The van der Waals surface area contributed by atoms with E-state index in [9.17, 15) is 0 Å². The van der Waals surface area contributed by atoms with Crippen LogP contribution in [0.5, 0.6) is 0 Å². The van der Waals surface area contributed by atoms with Crippen LogP contribution in [0.4, 0.5) is 11.4 Å². The van der Waals surface area contributed by atoms with Crippen molar-refractivity contribution < 1.29 is 4.74 Å². The molecule has 3 aromatic carbocycles. The van der Waals surface area contributed by atoms with Gasteiger partial charge in [0.2, 0.25) is 0 Å². The molecule has 0 bridgehead atoms. The van der Waals surface area contributed by atoms with Gasteiger partial charge >= 0.3 is 0 Å².